The van der Waals surface area contributed by atoms with Crippen LogP contribution in [-0.4, -0.2) is 14.1 Å². The molecule has 0 fully saturated rings. The Hall–Kier alpha value is -6.06. The lowest BCUT2D eigenvalue weighted by Crippen LogP contribution is -1.93. The fraction of sp³-hybridized carbons (Fsp3) is 0. The second kappa shape index (κ2) is 9.22. The predicted molar refractivity (Wildman–Crippen MR) is 190 cm³/mol. The van der Waals surface area contributed by atoms with Crippen molar-refractivity contribution in [3.8, 4) is 22.5 Å². The number of rotatable bonds is 3. The summed E-state index contributed by atoms with van der Waals surface area (Å²) in [7, 11) is 0. The highest BCUT2D eigenvalue weighted by atomic mass is 15.0. The maximum atomic E-state index is 9.78. The third-order valence-corrected chi connectivity index (χ3v) is 7.79. The second-order valence-electron chi connectivity index (χ2n) is 10.2. The van der Waals surface area contributed by atoms with Crippen LogP contribution in [0.25, 0.3) is 87.9 Å². The molecule has 0 atom stereocenters. The van der Waals surface area contributed by atoms with Gasteiger partial charge in [0.2, 0.25) is 0 Å². The van der Waals surface area contributed by atoms with Crippen LogP contribution in [0.2, 0.25) is 0 Å². The van der Waals surface area contributed by atoms with Crippen LogP contribution in [0.15, 0.2) is 157 Å². The lowest BCUT2D eigenvalue weighted by atomic mass is 10.0. The van der Waals surface area contributed by atoms with Crippen molar-refractivity contribution >= 4 is 65.4 Å². The Morgan fingerprint density at radius 2 is 0.933 bits per heavy atom. The summed E-state index contributed by atoms with van der Waals surface area (Å²) in [6, 6.07) is -6.14. The van der Waals surface area contributed by atoms with Gasteiger partial charge in [0.05, 0.1) is 50.9 Å². The highest BCUT2D eigenvalue weighted by molar-refractivity contribution is 6.13. The second-order valence-corrected chi connectivity index (χ2v) is 10.2. The monoisotopic (exact) mass is 594 g/mol. The van der Waals surface area contributed by atoms with Gasteiger partial charge in [-0.3, -0.25) is 0 Å². The number of nitrogens with zero attached hydrogens (tertiary/aromatic N) is 2. The van der Waals surface area contributed by atoms with Crippen molar-refractivity contribution in [2.45, 2.75) is 0 Å². The van der Waals surface area contributed by atoms with Gasteiger partial charge in [-0.25, -0.2) is 0 Å². The molecule has 0 aliphatic carbocycles. The molecule has 0 spiro atoms. The SMILES string of the molecule is [2H]c1c([2H])c([2H])c2c([nH]c3c([2H])c(-n4c5c([2H])c([2H])c([2H])c([2H])c5c5c([2H])c(-c6c([2H])c([2H])c7c(c6[2H])c6c([2H])c([2H])c([2H])c([2H])c6n7-c6ccccc6)c([2H])c([2H])c54)c([2H])c([2H])c32)c1[2H]. The summed E-state index contributed by atoms with van der Waals surface area (Å²) in [5.41, 5.74) is -3.13. The maximum Gasteiger partial charge on any atom is 0.0667 e. The molecule has 1 N–H and O–H groups in total. The molecule has 0 saturated carbocycles. The normalized spacial score (nSPS) is 18.5. The van der Waals surface area contributed by atoms with Crippen LogP contribution in [0.4, 0.5) is 0 Å². The quantitative estimate of drug-likeness (QED) is 0.211. The Balaban J connectivity index is 1.41. The number of fused-ring (bicyclic) bond motifs is 9. The molecule has 0 unspecified atom stereocenters. The van der Waals surface area contributed by atoms with Gasteiger partial charge in [-0.1, -0.05) is 90.7 Å². The lowest BCUT2D eigenvalue weighted by Gasteiger charge is -2.09. The van der Waals surface area contributed by atoms with Gasteiger partial charge in [-0.2, -0.15) is 0 Å². The molecule has 3 heterocycles. The zero-order valence-electron chi connectivity index (χ0n) is 43.8. The Labute approximate surface area is 288 Å². The Bertz CT molecular complexity index is 3940. The van der Waals surface area contributed by atoms with Gasteiger partial charge in [0, 0.05) is 54.7 Å². The molecular formula is C42H27N3. The maximum absolute atomic E-state index is 9.78. The molecule has 0 amide bonds. The van der Waals surface area contributed by atoms with Crippen molar-refractivity contribution in [3.63, 3.8) is 0 Å². The zero-order chi connectivity index (χ0) is 47.8. The van der Waals surface area contributed by atoms with Gasteiger partial charge < -0.3 is 14.1 Å². The van der Waals surface area contributed by atoms with Crippen molar-refractivity contribution in [3.05, 3.63) is 157 Å². The standard InChI is InChI=1S/C42H27N3/c1-2-10-29(11-3-1)44-39-16-8-5-13-33(39)35-24-27(18-22-41(35)44)28-19-23-42-36(25-28)34-14-6-9-17-40(34)45(42)30-20-21-32-31-12-4-7-15-37(31)43-38(32)26-30/h1-26,43H/i4D,5D,6D,7D,8D,9D,12D,13D,14D,15D,16D,17D,18D,19D,20D,21D,22D,23D,24D,25D,26D. The first-order valence-corrected chi connectivity index (χ1v) is 13.8. The van der Waals surface area contributed by atoms with E-state index in [1.807, 2.05) is 0 Å². The number of hydrogen-bond donors (Lipinski definition) is 1. The van der Waals surface area contributed by atoms with E-state index in [0.29, 0.717) is 5.69 Å². The molecule has 7 aromatic carbocycles. The summed E-state index contributed by atoms with van der Waals surface area (Å²) < 4.78 is 191. The molecule has 210 valence electrons. The van der Waals surface area contributed by atoms with E-state index < -0.39 is 166 Å². The largest absolute Gasteiger partial charge is 0.354 e. The van der Waals surface area contributed by atoms with Gasteiger partial charge >= 0.3 is 0 Å². The number of aromatic nitrogens is 3. The summed E-state index contributed by atoms with van der Waals surface area (Å²) in [5.74, 6) is 0. The Morgan fingerprint density at radius 3 is 1.60 bits per heavy atom. The average molecular weight is 595 g/mol. The number of para-hydroxylation sites is 4. The molecule has 10 aromatic rings. The summed E-state index contributed by atoms with van der Waals surface area (Å²) in [4.78, 5) is 2.78. The average Bonchev–Trinajstić information content (AvgIpc) is 3.99. The van der Waals surface area contributed by atoms with E-state index in [0.717, 1.165) is 4.57 Å². The molecule has 0 radical (unpaired) electrons. The van der Waals surface area contributed by atoms with Crippen LogP contribution < -0.4 is 0 Å². The highest BCUT2D eigenvalue weighted by Crippen LogP contribution is 2.38. The first-order valence-electron chi connectivity index (χ1n) is 24.3. The number of aromatic amines is 1. The van der Waals surface area contributed by atoms with E-state index in [1.54, 1.807) is 30.3 Å². The first kappa shape index (κ1) is 11.8. The van der Waals surface area contributed by atoms with E-state index >= 15 is 0 Å². The Kier molecular flexibility index (Phi) is 2.42. The minimum absolute atomic E-state index is 0.120. The number of hydrogen-bond acceptors (Lipinski definition) is 0. The fourth-order valence-corrected chi connectivity index (χ4v) is 5.85. The van der Waals surface area contributed by atoms with Crippen LogP contribution in [0.5, 0.6) is 0 Å². The van der Waals surface area contributed by atoms with E-state index in [-0.39, 0.29) is 43.6 Å². The van der Waals surface area contributed by atoms with Crippen molar-refractivity contribution < 1.29 is 28.8 Å². The molecule has 3 heteroatoms. The summed E-state index contributed by atoms with van der Waals surface area (Å²) in [6.07, 6.45) is 0. The topological polar surface area (TPSA) is 25.6 Å². The predicted octanol–water partition coefficient (Wildman–Crippen LogP) is 11.2. The third-order valence-electron chi connectivity index (χ3n) is 7.79. The van der Waals surface area contributed by atoms with Gasteiger partial charge in [0.25, 0.3) is 0 Å². The zero-order valence-corrected chi connectivity index (χ0v) is 22.8. The summed E-state index contributed by atoms with van der Waals surface area (Å²) in [6.45, 7) is 0. The molecule has 3 nitrogen and oxygen atoms in total. The van der Waals surface area contributed by atoms with Crippen molar-refractivity contribution in [2.24, 2.45) is 0 Å². The van der Waals surface area contributed by atoms with E-state index in [1.165, 1.54) is 4.57 Å². The van der Waals surface area contributed by atoms with Crippen LogP contribution in [0, 0.1) is 0 Å². The molecule has 0 saturated heterocycles. The molecule has 0 aliphatic heterocycles. The fourth-order valence-electron chi connectivity index (χ4n) is 5.85. The van der Waals surface area contributed by atoms with E-state index in [4.69, 9.17) is 17.8 Å². The van der Waals surface area contributed by atoms with Gasteiger partial charge in [-0.05, 0) is 77.6 Å². The number of nitrogens with one attached hydrogen (secondary N) is 1. The molecule has 0 aliphatic rings. The third kappa shape index (κ3) is 3.52. The van der Waals surface area contributed by atoms with Gasteiger partial charge in [0.15, 0.2) is 0 Å². The van der Waals surface area contributed by atoms with Crippen LogP contribution in [0.1, 0.15) is 28.8 Å². The van der Waals surface area contributed by atoms with Crippen LogP contribution in [-0.2, 0) is 0 Å². The van der Waals surface area contributed by atoms with Gasteiger partial charge in [0.1, 0.15) is 0 Å². The highest BCUT2D eigenvalue weighted by Gasteiger charge is 2.16. The van der Waals surface area contributed by atoms with Crippen molar-refractivity contribution in [1.29, 1.82) is 0 Å². The lowest BCUT2D eigenvalue weighted by molar-refractivity contribution is 1.18. The summed E-state index contributed by atoms with van der Waals surface area (Å²) in [5, 5.41) is -1.72. The molecular weight excluding hydrogens is 546 g/mol. The van der Waals surface area contributed by atoms with Crippen LogP contribution in [0.3, 0.4) is 0 Å². The molecule has 45 heavy (non-hydrogen) atoms. The van der Waals surface area contributed by atoms with Crippen LogP contribution >= 0.6 is 0 Å². The minimum Gasteiger partial charge on any atom is -0.354 e. The first-order chi connectivity index (χ1) is 31.1. The van der Waals surface area contributed by atoms with Crippen molar-refractivity contribution in [2.75, 3.05) is 0 Å². The van der Waals surface area contributed by atoms with E-state index in [9.17, 15) is 11.0 Å². The van der Waals surface area contributed by atoms with Gasteiger partial charge in [-0.15, -0.1) is 0 Å². The number of benzene rings is 7. The minimum atomic E-state index is -0.860. The molecule has 3 aromatic heterocycles. The number of H-pyrrole nitrogens is 1. The molecule has 0 bridgehead atoms. The van der Waals surface area contributed by atoms with E-state index in [2.05, 4.69) is 4.98 Å². The van der Waals surface area contributed by atoms with Crippen molar-refractivity contribution in [1.82, 2.24) is 14.1 Å². The smallest absolute Gasteiger partial charge is 0.0667 e. The Morgan fingerprint density at radius 1 is 0.400 bits per heavy atom. The molecule has 10 rings (SSSR count). The summed E-state index contributed by atoms with van der Waals surface area (Å²) >= 11 is 0.